The first-order valence-corrected chi connectivity index (χ1v) is 21.0. The van der Waals surface area contributed by atoms with Crippen LogP contribution in [0.2, 0.25) is 0 Å². The lowest BCUT2D eigenvalue weighted by atomic mass is 10.0. The summed E-state index contributed by atoms with van der Waals surface area (Å²) in [6.07, 6.45) is 0. The van der Waals surface area contributed by atoms with Crippen LogP contribution in [0.25, 0.3) is 121 Å². The molecule has 5 nitrogen and oxygen atoms in total. The first-order valence-electron chi connectivity index (χ1n) is 21.0. The molecule has 0 amide bonds. The largest absolute Gasteiger partial charge is 0.309 e. The molecule has 0 aliphatic carbocycles. The van der Waals surface area contributed by atoms with Crippen LogP contribution in [0.5, 0.6) is 0 Å². The molecule has 3 heterocycles. The smallest absolute Gasteiger partial charge is 0.166 e. The fourth-order valence-electron chi connectivity index (χ4n) is 9.63. The highest BCUT2D eigenvalue weighted by molar-refractivity contribution is 6.16. The van der Waals surface area contributed by atoms with E-state index in [1.54, 1.807) is 0 Å². The molecule has 0 spiro atoms. The number of benzene rings is 10. The predicted molar refractivity (Wildman–Crippen MR) is 257 cm³/mol. The Bertz CT molecular complexity index is 3860. The van der Waals surface area contributed by atoms with E-state index in [0.717, 1.165) is 55.3 Å². The average molecular weight is 790 g/mol. The third kappa shape index (κ3) is 5.32. The summed E-state index contributed by atoms with van der Waals surface area (Å²) in [5.41, 5.74) is 9.57. The summed E-state index contributed by atoms with van der Waals surface area (Å²) in [4.78, 5) is 15.7. The summed E-state index contributed by atoms with van der Waals surface area (Å²) in [5.74, 6) is 1.89. The zero-order valence-corrected chi connectivity index (χ0v) is 33.4. The van der Waals surface area contributed by atoms with Crippen molar-refractivity contribution >= 4 is 75.9 Å². The Kier molecular flexibility index (Phi) is 7.54. The molecule has 0 fully saturated rings. The highest BCUT2D eigenvalue weighted by atomic mass is 15.1. The van der Waals surface area contributed by atoms with Crippen LogP contribution in [0.4, 0.5) is 0 Å². The molecule has 0 bridgehead atoms. The van der Waals surface area contributed by atoms with Gasteiger partial charge in [0.2, 0.25) is 0 Å². The summed E-state index contributed by atoms with van der Waals surface area (Å²) in [6, 6.07) is 75.8. The fraction of sp³-hybridized carbons (Fsp3) is 0. The van der Waals surface area contributed by atoms with E-state index in [1.165, 1.54) is 48.7 Å². The Labute approximate surface area is 356 Å². The third-order valence-electron chi connectivity index (χ3n) is 12.5. The van der Waals surface area contributed by atoms with Crippen LogP contribution in [0, 0.1) is 0 Å². The molecule has 0 saturated carbocycles. The van der Waals surface area contributed by atoms with Crippen LogP contribution in [0.1, 0.15) is 0 Å². The van der Waals surface area contributed by atoms with Gasteiger partial charge in [0, 0.05) is 38.4 Å². The van der Waals surface area contributed by atoms with Crippen molar-refractivity contribution < 1.29 is 0 Å². The number of hydrogen-bond donors (Lipinski definition) is 0. The lowest BCUT2D eigenvalue weighted by Gasteiger charge is -2.17. The molecule has 13 rings (SSSR count). The van der Waals surface area contributed by atoms with Gasteiger partial charge in [-0.2, -0.15) is 0 Å². The quantitative estimate of drug-likeness (QED) is 0.174. The standard InChI is InChI=1S/C57H35N5/c1-3-16-37(17-4-1)55-58-56(38-18-5-2-6-19-38)60-57(59-55)54-44-22-10-9-15-36(44)28-30-51(54)62-50-26-14-12-24-46(50)48-33-41-27-29-43(31-42(41)35-53(48)62)61-49-25-13-11-23-45(49)47-32-39-20-7-8-21-40(39)34-52(47)61/h1-35H. The Morgan fingerprint density at radius 3 is 1.40 bits per heavy atom. The van der Waals surface area contributed by atoms with Crippen molar-refractivity contribution in [2.75, 3.05) is 0 Å². The summed E-state index contributed by atoms with van der Waals surface area (Å²) in [7, 11) is 0. The van der Waals surface area contributed by atoms with Crippen molar-refractivity contribution in [1.29, 1.82) is 0 Å². The maximum atomic E-state index is 5.30. The van der Waals surface area contributed by atoms with Crippen LogP contribution in [-0.2, 0) is 0 Å². The van der Waals surface area contributed by atoms with Gasteiger partial charge in [-0.15, -0.1) is 0 Å². The Balaban J connectivity index is 1.09. The van der Waals surface area contributed by atoms with Crippen LogP contribution < -0.4 is 0 Å². The lowest BCUT2D eigenvalue weighted by Crippen LogP contribution is -2.04. The number of para-hydroxylation sites is 2. The van der Waals surface area contributed by atoms with Crippen molar-refractivity contribution in [2.45, 2.75) is 0 Å². The summed E-state index contributed by atoms with van der Waals surface area (Å²) in [5, 5.41) is 11.9. The number of hydrogen-bond acceptors (Lipinski definition) is 3. The summed E-state index contributed by atoms with van der Waals surface area (Å²) < 4.78 is 4.84. The number of rotatable bonds is 5. The minimum Gasteiger partial charge on any atom is -0.309 e. The molecule has 62 heavy (non-hydrogen) atoms. The van der Waals surface area contributed by atoms with E-state index >= 15 is 0 Å². The fourth-order valence-corrected chi connectivity index (χ4v) is 9.63. The number of fused-ring (bicyclic) bond motifs is 9. The second kappa shape index (κ2) is 13.6. The molecule has 3 aromatic heterocycles. The minimum atomic E-state index is 0.623. The van der Waals surface area contributed by atoms with Crippen LogP contribution in [0.3, 0.4) is 0 Å². The Hall–Kier alpha value is -8.41. The predicted octanol–water partition coefficient (Wildman–Crippen LogP) is 14.5. The van der Waals surface area contributed by atoms with E-state index in [-0.39, 0.29) is 0 Å². The third-order valence-corrected chi connectivity index (χ3v) is 12.5. The molecule has 288 valence electrons. The van der Waals surface area contributed by atoms with Crippen molar-refractivity contribution in [3.8, 4) is 45.5 Å². The van der Waals surface area contributed by atoms with E-state index in [4.69, 9.17) is 15.0 Å². The van der Waals surface area contributed by atoms with Gasteiger partial charge in [-0.1, -0.05) is 158 Å². The van der Waals surface area contributed by atoms with E-state index < -0.39 is 0 Å². The maximum absolute atomic E-state index is 5.30. The summed E-state index contributed by atoms with van der Waals surface area (Å²) >= 11 is 0. The first kappa shape index (κ1) is 34.5. The van der Waals surface area contributed by atoms with Gasteiger partial charge in [-0.25, -0.2) is 15.0 Å². The zero-order valence-electron chi connectivity index (χ0n) is 33.4. The van der Waals surface area contributed by atoms with E-state index in [9.17, 15) is 0 Å². The van der Waals surface area contributed by atoms with Gasteiger partial charge < -0.3 is 9.13 Å². The zero-order chi connectivity index (χ0) is 40.7. The SMILES string of the molecule is c1ccc(-c2nc(-c3ccccc3)nc(-c3c(-n4c5ccccc5c5cc6ccc(-n7c8ccccc8c8cc9ccccc9cc87)cc6cc54)ccc4ccccc34)n2)cc1. The van der Waals surface area contributed by atoms with Crippen LogP contribution in [-0.4, -0.2) is 24.1 Å². The van der Waals surface area contributed by atoms with E-state index in [1.807, 2.05) is 36.4 Å². The van der Waals surface area contributed by atoms with Gasteiger partial charge in [-0.05, 0) is 86.9 Å². The highest BCUT2D eigenvalue weighted by Gasteiger charge is 2.22. The molecule has 10 aromatic carbocycles. The monoisotopic (exact) mass is 789 g/mol. The molecule has 0 unspecified atom stereocenters. The Morgan fingerprint density at radius 1 is 0.274 bits per heavy atom. The van der Waals surface area contributed by atoms with Crippen molar-refractivity contribution in [1.82, 2.24) is 24.1 Å². The Morgan fingerprint density at radius 2 is 0.742 bits per heavy atom. The molecular weight excluding hydrogens is 755 g/mol. The minimum absolute atomic E-state index is 0.623. The average Bonchev–Trinajstić information content (AvgIpc) is 3.83. The molecule has 13 aromatic rings. The van der Waals surface area contributed by atoms with Crippen molar-refractivity contribution in [3.63, 3.8) is 0 Å². The molecular formula is C57H35N5. The van der Waals surface area contributed by atoms with Gasteiger partial charge in [0.1, 0.15) is 0 Å². The van der Waals surface area contributed by atoms with Crippen molar-refractivity contribution in [2.24, 2.45) is 0 Å². The molecule has 0 radical (unpaired) electrons. The lowest BCUT2D eigenvalue weighted by molar-refractivity contribution is 1.07. The molecule has 0 N–H and O–H groups in total. The van der Waals surface area contributed by atoms with Crippen molar-refractivity contribution in [3.05, 3.63) is 212 Å². The van der Waals surface area contributed by atoms with Crippen LogP contribution in [0.15, 0.2) is 212 Å². The molecule has 0 atom stereocenters. The highest BCUT2D eigenvalue weighted by Crippen LogP contribution is 2.42. The van der Waals surface area contributed by atoms with E-state index in [2.05, 4.69) is 185 Å². The number of aromatic nitrogens is 5. The molecule has 0 aliphatic rings. The normalized spacial score (nSPS) is 11.9. The van der Waals surface area contributed by atoms with Gasteiger partial charge in [-0.3, -0.25) is 0 Å². The molecule has 0 aliphatic heterocycles. The van der Waals surface area contributed by atoms with Gasteiger partial charge in [0.15, 0.2) is 17.5 Å². The maximum Gasteiger partial charge on any atom is 0.166 e. The van der Waals surface area contributed by atoms with Gasteiger partial charge in [0.25, 0.3) is 0 Å². The second-order valence-electron chi connectivity index (χ2n) is 16.0. The first-order chi connectivity index (χ1) is 30.7. The summed E-state index contributed by atoms with van der Waals surface area (Å²) in [6.45, 7) is 0. The van der Waals surface area contributed by atoms with Gasteiger partial charge in [0.05, 0.1) is 33.3 Å². The second-order valence-corrected chi connectivity index (χ2v) is 16.0. The van der Waals surface area contributed by atoms with E-state index in [0.29, 0.717) is 17.5 Å². The number of nitrogens with zero attached hydrogens (tertiary/aromatic N) is 5. The topological polar surface area (TPSA) is 48.5 Å². The van der Waals surface area contributed by atoms with Crippen LogP contribution >= 0.6 is 0 Å². The molecule has 5 heteroatoms. The van der Waals surface area contributed by atoms with Gasteiger partial charge >= 0.3 is 0 Å². The molecule has 0 saturated heterocycles.